The number of methoxy groups -OCH3 is 1. The minimum absolute atomic E-state index is 0.0656. The van der Waals surface area contributed by atoms with Gasteiger partial charge in [-0.3, -0.25) is 9.59 Å². The van der Waals surface area contributed by atoms with Gasteiger partial charge in [0.25, 0.3) is 11.8 Å². The van der Waals surface area contributed by atoms with E-state index < -0.39 is 17.6 Å². The summed E-state index contributed by atoms with van der Waals surface area (Å²) in [7, 11) is 1.55. The molecule has 1 N–H and O–H groups in total. The van der Waals surface area contributed by atoms with Crippen molar-refractivity contribution in [1.29, 1.82) is 0 Å². The van der Waals surface area contributed by atoms with Crippen molar-refractivity contribution in [2.24, 2.45) is 0 Å². The summed E-state index contributed by atoms with van der Waals surface area (Å²) in [6.45, 7) is 2.20. The fourth-order valence-corrected chi connectivity index (χ4v) is 3.76. The molecule has 1 aliphatic heterocycles. The van der Waals surface area contributed by atoms with Gasteiger partial charge < -0.3 is 19.9 Å². The Morgan fingerprint density at radius 1 is 0.943 bits per heavy atom. The highest BCUT2D eigenvalue weighted by molar-refractivity contribution is 6.04. The first-order valence-electron chi connectivity index (χ1n) is 10.9. The van der Waals surface area contributed by atoms with Gasteiger partial charge in [-0.2, -0.15) is 13.2 Å². The molecule has 0 radical (unpaired) electrons. The summed E-state index contributed by atoms with van der Waals surface area (Å²) in [5, 5.41) is 2.57. The normalized spacial score (nSPS) is 13.9. The Bertz CT molecular complexity index is 1210. The number of hydrogen-bond donors (Lipinski definition) is 1. The van der Waals surface area contributed by atoms with E-state index in [1.165, 1.54) is 18.3 Å². The van der Waals surface area contributed by atoms with Gasteiger partial charge >= 0.3 is 6.18 Å². The van der Waals surface area contributed by atoms with Crippen molar-refractivity contribution in [2.45, 2.75) is 6.18 Å². The minimum Gasteiger partial charge on any atom is -0.497 e. The molecule has 3 aromatic rings. The summed E-state index contributed by atoms with van der Waals surface area (Å²) in [4.78, 5) is 33.3. The number of aromatic nitrogens is 1. The molecule has 7 nitrogen and oxygen atoms in total. The van der Waals surface area contributed by atoms with E-state index >= 15 is 0 Å². The zero-order valence-electron chi connectivity index (χ0n) is 18.9. The molecule has 2 aromatic carbocycles. The van der Waals surface area contributed by atoms with Crippen LogP contribution in [-0.4, -0.2) is 55.0 Å². The molecule has 2 heterocycles. The van der Waals surface area contributed by atoms with Crippen LogP contribution < -0.4 is 15.0 Å². The second-order valence-corrected chi connectivity index (χ2v) is 7.95. The van der Waals surface area contributed by atoms with E-state index in [-0.39, 0.29) is 11.5 Å². The topological polar surface area (TPSA) is 74.8 Å². The summed E-state index contributed by atoms with van der Waals surface area (Å²) < 4.78 is 43.9. The van der Waals surface area contributed by atoms with Gasteiger partial charge in [0.1, 0.15) is 11.6 Å². The molecule has 0 atom stereocenters. The van der Waals surface area contributed by atoms with Gasteiger partial charge in [0.05, 0.1) is 24.6 Å². The Labute approximate surface area is 200 Å². The van der Waals surface area contributed by atoms with Crippen molar-refractivity contribution in [3.05, 3.63) is 83.6 Å². The number of rotatable bonds is 5. The molecule has 35 heavy (non-hydrogen) atoms. The van der Waals surface area contributed by atoms with Crippen LogP contribution in [0.1, 0.15) is 26.3 Å². The van der Waals surface area contributed by atoms with E-state index in [1.807, 2.05) is 4.90 Å². The monoisotopic (exact) mass is 484 g/mol. The van der Waals surface area contributed by atoms with Crippen LogP contribution in [0.2, 0.25) is 0 Å². The molecule has 2 amide bonds. The van der Waals surface area contributed by atoms with Crippen LogP contribution in [0, 0.1) is 0 Å². The van der Waals surface area contributed by atoms with Crippen LogP contribution in [0.3, 0.4) is 0 Å². The number of piperazine rings is 1. The summed E-state index contributed by atoms with van der Waals surface area (Å²) in [6, 6.07) is 14.6. The van der Waals surface area contributed by atoms with E-state index in [0.717, 1.165) is 12.1 Å². The van der Waals surface area contributed by atoms with Crippen LogP contribution in [0.4, 0.5) is 24.7 Å². The van der Waals surface area contributed by atoms with Gasteiger partial charge in [-0.05, 0) is 48.5 Å². The van der Waals surface area contributed by atoms with Crippen molar-refractivity contribution >= 4 is 23.3 Å². The number of amides is 2. The fraction of sp³-hybridized carbons (Fsp3) is 0.240. The summed E-state index contributed by atoms with van der Waals surface area (Å²) in [5.41, 5.74) is -0.0526. The minimum atomic E-state index is -4.53. The Kier molecular flexibility index (Phi) is 6.90. The number of carbonyl (C=O) groups is 2. The third-order valence-corrected chi connectivity index (χ3v) is 5.67. The first kappa shape index (κ1) is 24.1. The maximum absolute atomic E-state index is 12.9. The highest BCUT2D eigenvalue weighted by atomic mass is 19.4. The van der Waals surface area contributed by atoms with Gasteiger partial charge in [-0.1, -0.05) is 12.1 Å². The molecule has 0 spiro atoms. The smallest absolute Gasteiger partial charge is 0.416 e. The maximum Gasteiger partial charge on any atom is 0.416 e. The summed E-state index contributed by atoms with van der Waals surface area (Å²) >= 11 is 0. The van der Waals surface area contributed by atoms with E-state index in [9.17, 15) is 22.8 Å². The van der Waals surface area contributed by atoms with Crippen LogP contribution in [0.5, 0.6) is 5.75 Å². The van der Waals surface area contributed by atoms with Crippen molar-refractivity contribution in [2.75, 3.05) is 43.5 Å². The molecular formula is C25H23F3N4O3. The Morgan fingerprint density at radius 2 is 1.66 bits per heavy atom. The highest BCUT2D eigenvalue weighted by Gasteiger charge is 2.31. The van der Waals surface area contributed by atoms with Crippen molar-refractivity contribution < 1.29 is 27.5 Å². The third kappa shape index (κ3) is 5.71. The van der Waals surface area contributed by atoms with E-state index in [2.05, 4.69) is 10.3 Å². The number of nitrogens with one attached hydrogen (secondary N) is 1. The van der Waals surface area contributed by atoms with Crippen molar-refractivity contribution in [3.8, 4) is 5.75 Å². The average molecular weight is 484 g/mol. The standard InChI is InChI=1S/C25H23F3N4O3/c1-35-21-7-3-5-18(15-21)24(34)32-12-10-31(11-13-32)22-9-8-20(16-29-22)30-23(33)17-4-2-6-19(14-17)25(26,27)28/h2-9,14-16H,10-13H2,1H3,(H,30,33). The quantitative estimate of drug-likeness (QED) is 0.584. The molecule has 10 heteroatoms. The second-order valence-electron chi connectivity index (χ2n) is 7.95. The molecule has 4 rings (SSSR count). The Morgan fingerprint density at radius 3 is 2.31 bits per heavy atom. The van der Waals surface area contributed by atoms with E-state index in [4.69, 9.17) is 4.74 Å². The van der Waals surface area contributed by atoms with E-state index in [0.29, 0.717) is 49.0 Å². The highest BCUT2D eigenvalue weighted by Crippen LogP contribution is 2.29. The van der Waals surface area contributed by atoms with Crippen LogP contribution >= 0.6 is 0 Å². The van der Waals surface area contributed by atoms with Crippen molar-refractivity contribution in [1.82, 2.24) is 9.88 Å². The molecule has 1 aromatic heterocycles. The number of ether oxygens (including phenoxy) is 1. The molecule has 182 valence electrons. The molecule has 0 unspecified atom stereocenters. The predicted octanol–water partition coefficient (Wildman–Crippen LogP) is 4.32. The Balaban J connectivity index is 1.34. The summed E-state index contributed by atoms with van der Waals surface area (Å²) in [6.07, 6.45) is -3.07. The number of pyridine rings is 1. The SMILES string of the molecule is COc1cccc(C(=O)N2CCN(c3ccc(NC(=O)c4cccc(C(F)(F)F)c4)cn3)CC2)c1. The lowest BCUT2D eigenvalue weighted by atomic mass is 10.1. The number of hydrogen-bond acceptors (Lipinski definition) is 5. The third-order valence-electron chi connectivity index (χ3n) is 5.67. The first-order chi connectivity index (χ1) is 16.7. The number of carbonyl (C=O) groups excluding carboxylic acids is 2. The van der Waals surface area contributed by atoms with Crippen LogP contribution in [-0.2, 0) is 6.18 Å². The van der Waals surface area contributed by atoms with Gasteiger partial charge in [0, 0.05) is 37.3 Å². The lowest BCUT2D eigenvalue weighted by molar-refractivity contribution is -0.137. The molecule has 1 aliphatic rings. The molecule has 0 saturated carbocycles. The second kappa shape index (κ2) is 10.0. The number of halogens is 3. The first-order valence-corrected chi connectivity index (χ1v) is 10.9. The van der Waals surface area contributed by atoms with E-state index in [1.54, 1.807) is 48.4 Å². The van der Waals surface area contributed by atoms with Crippen molar-refractivity contribution in [3.63, 3.8) is 0 Å². The van der Waals surface area contributed by atoms with Crippen LogP contribution in [0.25, 0.3) is 0 Å². The fourth-order valence-electron chi connectivity index (χ4n) is 3.76. The lowest BCUT2D eigenvalue weighted by Crippen LogP contribution is -2.49. The zero-order chi connectivity index (χ0) is 25.0. The molecular weight excluding hydrogens is 461 g/mol. The Hall–Kier alpha value is -4.08. The van der Waals surface area contributed by atoms with Gasteiger partial charge in [0.2, 0.25) is 0 Å². The van der Waals surface area contributed by atoms with Gasteiger partial charge in [-0.25, -0.2) is 4.98 Å². The number of anilines is 2. The summed E-state index contributed by atoms with van der Waals surface area (Å²) in [5.74, 6) is 0.578. The molecule has 1 saturated heterocycles. The molecule has 1 fully saturated rings. The van der Waals surface area contributed by atoms with Gasteiger partial charge in [-0.15, -0.1) is 0 Å². The largest absolute Gasteiger partial charge is 0.497 e. The van der Waals surface area contributed by atoms with Gasteiger partial charge in [0.15, 0.2) is 0 Å². The number of alkyl halides is 3. The predicted molar refractivity (Wildman–Crippen MR) is 125 cm³/mol. The molecule has 0 aliphatic carbocycles. The van der Waals surface area contributed by atoms with Crippen LogP contribution in [0.15, 0.2) is 66.9 Å². The number of nitrogens with zero attached hydrogens (tertiary/aromatic N) is 3. The average Bonchev–Trinajstić information content (AvgIpc) is 2.88. The maximum atomic E-state index is 12.9. The lowest BCUT2D eigenvalue weighted by Gasteiger charge is -2.35. The molecule has 0 bridgehead atoms. The number of benzene rings is 2. The zero-order valence-corrected chi connectivity index (χ0v) is 18.9.